The SMILES string of the molecule is CC(C)[C@@H](NC(=O)c1cncs1)C(=O)OC(C)(C)C. The minimum Gasteiger partial charge on any atom is -0.458 e. The Morgan fingerprint density at radius 1 is 1.37 bits per heavy atom. The molecule has 1 aromatic rings. The first kappa shape index (κ1) is 15.6. The molecule has 1 rings (SSSR count). The lowest BCUT2D eigenvalue weighted by molar-refractivity contribution is -0.158. The van der Waals surface area contributed by atoms with E-state index in [9.17, 15) is 9.59 Å². The van der Waals surface area contributed by atoms with Crippen molar-refractivity contribution in [3.05, 3.63) is 16.6 Å². The van der Waals surface area contributed by atoms with E-state index in [1.165, 1.54) is 17.5 Å². The van der Waals surface area contributed by atoms with E-state index < -0.39 is 17.6 Å². The van der Waals surface area contributed by atoms with Crippen LogP contribution in [-0.4, -0.2) is 28.5 Å². The van der Waals surface area contributed by atoms with Crippen LogP contribution >= 0.6 is 11.3 Å². The van der Waals surface area contributed by atoms with Crippen LogP contribution in [0.2, 0.25) is 0 Å². The van der Waals surface area contributed by atoms with Gasteiger partial charge in [0.05, 0.1) is 11.7 Å². The van der Waals surface area contributed by atoms with Gasteiger partial charge in [0.1, 0.15) is 16.5 Å². The summed E-state index contributed by atoms with van der Waals surface area (Å²) in [5, 5.41) is 2.70. The average Bonchev–Trinajstić information content (AvgIpc) is 2.75. The number of ether oxygens (including phenoxy) is 1. The Balaban J connectivity index is 2.73. The van der Waals surface area contributed by atoms with Crippen molar-refractivity contribution in [3.63, 3.8) is 0 Å². The molecule has 106 valence electrons. The molecule has 1 heterocycles. The molecule has 0 spiro atoms. The Morgan fingerprint density at radius 3 is 2.42 bits per heavy atom. The van der Waals surface area contributed by atoms with E-state index in [-0.39, 0.29) is 11.8 Å². The molecule has 0 aliphatic heterocycles. The lowest BCUT2D eigenvalue weighted by Gasteiger charge is -2.26. The molecule has 1 aromatic heterocycles. The van der Waals surface area contributed by atoms with E-state index in [0.29, 0.717) is 4.88 Å². The zero-order chi connectivity index (χ0) is 14.6. The first-order valence-corrected chi connectivity index (χ1v) is 7.01. The predicted molar refractivity (Wildman–Crippen MR) is 74.1 cm³/mol. The van der Waals surface area contributed by atoms with Gasteiger partial charge in [0, 0.05) is 0 Å². The second-order valence-corrected chi connectivity index (χ2v) is 6.48. The molecule has 0 saturated carbocycles. The highest BCUT2D eigenvalue weighted by molar-refractivity contribution is 7.11. The number of rotatable bonds is 4. The van der Waals surface area contributed by atoms with E-state index in [2.05, 4.69) is 10.3 Å². The normalized spacial score (nSPS) is 13.2. The molecule has 0 aromatic carbocycles. The highest BCUT2D eigenvalue weighted by Crippen LogP contribution is 2.13. The Bertz CT molecular complexity index is 435. The van der Waals surface area contributed by atoms with Crippen LogP contribution in [0.3, 0.4) is 0 Å². The average molecular weight is 284 g/mol. The molecule has 0 fully saturated rings. The number of nitrogens with one attached hydrogen (secondary N) is 1. The Morgan fingerprint density at radius 2 is 2.00 bits per heavy atom. The van der Waals surface area contributed by atoms with Gasteiger partial charge in [-0.2, -0.15) is 0 Å². The largest absolute Gasteiger partial charge is 0.458 e. The van der Waals surface area contributed by atoms with Crippen LogP contribution in [0.5, 0.6) is 0 Å². The van der Waals surface area contributed by atoms with Gasteiger partial charge in [-0.05, 0) is 26.7 Å². The smallest absolute Gasteiger partial charge is 0.329 e. The third-order valence-corrected chi connectivity index (χ3v) is 3.04. The summed E-state index contributed by atoms with van der Waals surface area (Å²) >= 11 is 1.23. The van der Waals surface area contributed by atoms with Crippen LogP contribution < -0.4 is 5.32 Å². The van der Waals surface area contributed by atoms with Gasteiger partial charge in [-0.1, -0.05) is 13.8 Å². The molecule has 0 bridgehead atoms. The highest BCUT2D eigenvalue weighted by Gasteiger charge is 2.29. The monoisotopic (exact) mass is 284 g/mol. The van der Waals surface area contributed by atoms with Crippen molar-refractivity contribution in [3.8, 4) is 0 Å². The molecule has 1 atom stereocenters. The summed E-state index contributed by atoms with van der Waals surface area (Å²) in [6.45, 7) is 9.12. The van der Waals surface area contributed by atoms with Gasteiger partial charge in [-0.3, -0.25) is 9.78 Å². The fraction of sp³-hybridized carbons (Fsp3) is 0.615. The molecule has 1 N–H and O–H groups in total. The number of thiazole rings is 1. The van der Waals surface area contributed by atoms with Gasteiger partial charge >= 0.3 is 5.97 Å². The molecule has 1 amide bonds. The number of carbonyl (C=O) groups is 2. The number of hydrogen-bond acceptors (Lipinski definition) is 5. The van der Waals surface area contributed by atoms with Gasteiger partial charge in [0.15, 0.2) is 0 Å². The van der Waals surface area contributed by atoms with Crippen molar-refractivity contribution < 1.29 is 14.3 Å². The first-order chi connectivity index (χ1) is 8.70. The summed E-state index contributed by atoms with van der Waals surface area (Å²) in [5.74, 6) is -0.765. The fourth-order valence-corrected chi connectivity index (χ4v) is 1.93. The Hall–Kier alpha value is -1.43. The maximum Gasteiger partial charge on any atom is 0.329 e. The maximum atomic E-state index is 12.1. The van der Waals surface area contributed by atoms with Gasteiger partial charge in [-0.25, -0.2) is 4.79 Å². The van der Waals surface area contributed by atoms with Crippen LogP contribution in [-0.2, 0) is 9.53 Å². The number of amides is 1. The van der Waals surface area contributed by atoms with E-state index in [0.717, 1.165) is 0 Å². The topological polar surface area (TPSA) is 68.3 Å². The summed E-state index contributed by atoms with van der Waals surface area (Å²) in [5.41, 5.74) is 1.01. The van der Waals surface area contributed by atoms with Crippen molar-refractivity contribution in [1.29, 1.82) is 0 Å². The molecule has 0 unspecified atom stereocenters. The predicted octanol–water partition coefficient (Wildman–Crippen LogP) is 2.24. The zero-order valence-electron chi connectivity index (χ0n) is 11.9. The highest BCUT2D eigenvalue weighted by atomic mass is 32.1. The van der Waals surface area contributed by atoms with Crippen LogP contribution in [0.25, 0.3) is 0 Å². The van der Waals surface area contributed by atoms with E-state index in [1.807, 2.05) is 13.8 Å². The third-order valence-electron chi connectivity index (χ3n) is 2.27. The van der Waals surface area contributed by atoms with Crippen LogP contribution in [0.4, 0.5) is 0 Å². The van der Waals surface area contributed by atoms with E-state index >= 15 is 0 Å². The van der Waals surface area contributed by atoms with Crippen molar-refractivity contribution >= 4 is 23.2 Å². The summed E-state index contributed by atoms with van der Waals surface area (Å²) in [6, 6.07) is -0.658. The Kier molecular flexibility index (Phi) is 5.05. The lowest BCUT2D eigenvalue weighted by Crippen LogP contribution is -2.47. The third kappa shape index (κ3) is 4.98. The minimum atomic E-state index is -0.658. The molecule has 0 aliphatic rings. The van der Waals surface area contributed by atoms with Crippen molar-refractivity contribution in [2.24, 2.45) is 5.92 Å². The van der Waals surface area contributed by atoms with Crippen molar-refractivity contribution in [2.75, 3.05) is 0 Å². The molecule has 0 aliphatic carbocycles. The number of nitrogens with zero attached hydrogens (tertiary/aromatic N) is 1. The van der Waals surface area contributed by atoms with Crippen molar-refractivity contribution in [1.82, 2.24) is 10.3 Å². The number of aromatic nitrogens is 1. The minimum absolute atomic E-state index is 0.0493. The summed E-state index contributed by atoms with van der Waals surface area (Å²) < 4.78 is 5.31. The first-order valence-electron chi connectivity index (χ1n) is 6.13. The molecule has 5 nitrogen and oxygen atoms in total. The second kappa shape index (κ2) is 6.14. The standard InChI is InChI=1S/C13H20N2O3S/c1-8(2)10(12(17)18-13(3,4)5)15-11(16)9-6-14-7-19-9/h6-8,10H,1-5H3,(H,15,16)/t10-/m1/s1. The molecule has 0 saturated heterocycles. The van der Waals surface area contributed by atoms with Gasteiger partial charge < -0.3 is 10.1 Å². The van der Waals surface area contributed by atoms with Gasteiger partial charge in [0.25, 0.3) is 5.91 Å². The lowest BCUT2D eigenvalue weighted by atomic mass is 10.0. The summed E-state index contributed by atoms with van der Waals surface area (Å²) in [7, 11) is 0. The van der Waals surface area contributed by atoms with Crippen molar-refractivity contribution in [2.45, 2.75) is 46.3 Å². The molecule has 6 heteroatoms. The Labute approximate surface area is 117 Å². The summed E-state index contributed by atoms with van der Waals surface area (Å²) in [6.07, 6.45) is 1.48. The quantitative estimate of drug-likeness (QED) is 0.861. The van der Waals surface area contributed by atoms with Gasteiger partial charge in [-0.15, -0.1) is 11.3 Å². The maximum absolute atomic E-state index is 12.1. The van der Waals surface area contributed by atoms with Crippen LogP contribution in [0, 0.1) is 5.92 Å². The fourth-order valence-electron chi connectivity index (χ4n) is 1.40. The summed E-state index contributed by atoms with van der Waals surface area (Å²) in [4.78, 5) is 28.3. The zero-order valence-corrected chi connectivity index (χ0v) is 12.7. The molecular formula is C13H20N2O3S. The molecular weight excluding hydrogens is 264 g/mol. The van der Waals surface area contributed by atoms with E-state index in [1.54, 1.807) is 26.3 Å². The number of esters is 1. The molecule has 0 radical (unpaired) electrons. The second-order valence-electron chi connectivity index (χ2n) is 5.59. The van der Waals surface area contributed by atoms with E-state index in [4.69, 9.17) is 4.74 Å². The van der Waals surface area contributed by atoms with Gasteiger partial charge in [0.2, 0.25) is 0 Å². The number of carbonyl (C=O) groups excluding carboxylic acids is 2. The molecule has 19 heavy (non-hydrogen) atoms. The van der Waals surface area contributed by atoms with Crippen LogP contribution in [0.15, 0.2) is 11.7 Å². The number of hydrogen-bond donors (Lipinski definition) is 1. The van der Waals surface area contributed by atoms with Crippen LogP contribution in [0.1, 0.15) is 44.3 Å².